The Hall–Kier alpha value is -2.99. The van der Waals surface area contributed by atoms with Crippen LogP contribution in [0.25, 0.3) is 0 Å². The predicted octanol–water partition coefficient (Wildman–Crippen LogP) is 3.22. The van der Waals surface area contributed by atoms with Gasteiger partial charge in [0, 0.05) is 25.7 Å². The number of thioether (sulfide) groups is 1. The number of aryl methyl sites for hydroxylation is 1. The number of esters is 3. The summed E-state index contributed by atoms with van der Waals surface area (Å²) in [5, 5.41) is 9.49. The first kappa shape index (κ1) is 23.3. The minimum atomic E-state index is -0.826. The summed E-state index contributed by atoms with van der Waals surface area (Å²) in [6.45, 7) is 7.22. The van der Waals surface area contributed by atoms with Crippen molar-refractivity contribution in [2.75, 3.05) is 6.61 Å². The van der Waals surface area contributed by atoms with E-state index in [1.807, 2.05) is 13.0 Å². The Morgan fingerprint density at radius 3 is 2.40 bits per heavy atom. The molecule has 2 rings (SSSR count). The molecule has 0 fully saturated rings. The molecular formula is C21H23NO7S. The van der Waals surface area contributed by atoms with Crippen LogP contribution in [-0.2, 0) is 33.3 Å². The summed E-state index contributed by atoms with van der Waals surface area (Å²) < 4.78 is 21.8. The van der Waals surface area contributed by atoms with Gasteiger partial charge in [0.15, 0.2) is 23.1 Å². The Balaban J connectivity index is 2.46. The molecule has 0 bridgehead atoms. The van der Waals surface area contributed by atoms with Crippen LogP contribution in [0.3, 0.4) is 0 Å². The van der Waals surface area contributed by atoms with Crippen molar-refractivity contribution < 1.29 is 33.3 Å². The quantitative estimate of drug-likeness (QED) is 0.493. The number of nitrogens with zero attached hydrogens (tertiary/aromatic N) is 1. The lowest BCUT2D eigenvalue weighted by Crippen LogP contribution is -2.45. The second-order valence-corrected chi connectivity index (χ2v) is 7.86. The molecule has 0 aliphatic carbocycles. The molecule has 1 aromatic carbocycles. The van der Waals surface area contributed by atoms with Crippen LogP contribution < -0.4 is 0 Å². The highest BCUT2D eigenvalue weighted by Gasteiger charge is 2.42. The molecule has 0 N–H and O–H groups in total. The highest BCUT2D eigenvalue weighted by atomic mass is 32.2. The molecule has 0 spiro atoms. The number of carbonyl (C=O) groups is 3. The molecule has 9 heteroatoms. The molecule has 3 atom stereocenters. The average Bonchev–Trinajstić information content (AvgIpc) is 2.64. The molecule has 1 aliphatic heterocycles. The summed E-state index contributed by atoms with van der Waals surface area (Å²) in [6, 6.07) is 7.39. The van der Waals surface area contributed by atoms with Crippen LogP contribution in [0.15, 0.2) is 33.9 Å². The van der Waals surface area contributed by atoms with Gasteiger partial charge in [-0.1, -0.05) is 6.92 Å². The van der Waals surface area contributed by atoms with Crippen LogP contribution in [0.5, 0.6) is 0 Å². The number of carbonyl (C=O) groups excluding carboxylic acids is 3. The molecule has 0 aromatic heterocycles. The number of hydrogen-bond donors (Lipinski definition) is 0. The summed E-state index contributed by atoms with van der Waals surface area (Å²) in [5.74, 6) is -1.94. The van der Waals surface area contributed by atoms with E-state index in [0.717, 1.165) is 5.56 Å². The number of hydrogen-bond acceptors (Lipinski definition) is 9. The van der Waals surface area contributed by atoms with Crippen molar-refractivity contribution in [1.29, 1.82) is 5.26 Å². The van der Waals surface area contributed by atoms with E-state index >= 15 is 0 Å². The molecule has 2 unspecified atom stereocenters. The summed E-state index contributed by atoms with van der Waals surface area (Å²) in [6.07, 6.45) is -1.62. The van der Waals surface area contributed by atoms with E-state index in [-0.39, 0.29) is 17.5 Å². The monoisotopic (exact) mass is 433 g/mol. The number of rotatable bonds is 6. The maximum absolute atomic E-state index is 11.7. The zero-order chi connectivity index (χ0) is 22.4. The van der Waals surface area contributed by atoms with E-state index < -0.39 is 36.0 Å². The van der Waals surface area contributed by atoms with Crippen molar-refractivity contribution in [3.05, 3.63) is 40.2 Å². The van der Waals surface area contributed by atoms with E-state index in [1.54, 1.807) is 19.1 Å². The van der Waals surface area contributed by atoms with E-state index in [2.05, 4.69) is 6.07 Å². The van der Waals surface area contributed by atoms with Crippen LogP contribution in [0, 0.1) is 24.2 Å². The van der Waals surface area contributed by atoms with Crippen LogP contribution in [0.1, 0.15) is 38.8 Å². The number of benzene rings is 1. The molecular weight excluding hydrogens is 410 g/mol. The number of ether oxygens (including phenoxy) is 4. The van der Waals surface area contributed by atoms with Gasteiger partial charge in [-0.2, -0.15) is 5.26 Å². The van der Waals surface area contributed by atoms with Crippen LogP contribution >= 0.6 is 11.8 Å². The molecule has 160 valence electrons. The van der Waals surface area contributed by atoms with Crippen molar-refractivity contribution in [1.82, 2.24) is 0 Å². The molecule has 1 heterocycles. The first-order valence-corrected chi connectivity index (χ1v) is 10.0. The standard InChI is InChI=1S/C21H23NO7S/c1-11-6-16(9-22)8-17(7-11)30-21-20(28-15(5)25)12(2)19(27-14(4)24)18(29-21)10-26-13(3)23/h6-8,12,18-19H,10H2,1-5H3/t12?,18?,19-/m1/s1. The number of nitriles is 1. The van der Waals surface area contributed by atoms with Gasteiger partial charge in [-0.15, -0.1) is 0 Å². The SMILES string of the molecule is CC(=O)OCC1OC(Sc2cc(C)cc(C#N)c2)=C(OC(C)=O)C(C)[C@H]1OC(C)=O. The molecule has 30 heavy (non-hydrogen) atoms. The van der Waals surface area contributed by atoms with Crippen LogP contribution in [-0.4, -0.2) is 36.7 Å². The summed E-state index contributed by atoms with van der Waals surface area (Å²) in [7, 11) is 0. The van der Waals surface area contributed by atoms with E-state index in [1.165, 1.54) is 32.5 Å². The Labute approximate surface area is 179 Å². The largest absolute Gasteiger partial charge is 0.473 e. The lowest BCUT2D eigenvalue weighted by Gasteiger charge is -2.37. The fraction of sp³-hybridized carbons (Fsp3) is 0.429. The maximum atomic E-state index is 11.7. The topological polar surface area (TPSA) is 112 Å². The average molecular weight is 433 g/mol. The molecule has 1 aliphatic rings. The lowest BCUT2D eigenvalue weighted by atomic mass is 9.96. The molecule has 0 amide bonds. The van der Waals surface area contributed by atoms with Gasteiger partial charge < -0.3 is 18.9 Å². The Kier molecular flexibility index (Phi) is 7.89. The normalized spacial score (nSPS) is 20.6. The van der Waals surface area contributed by atoms with Gasteiger partial charge in [-0.05, 0) is 42.4 Å². The fourth-order valence-corrected chi connectivity index (χ4v) is 4.10. The van der Waals surface area contributed by atoms with Gasteiger partial charge in [-0.25, -0.2) is 0 Å². The highest BCUT2D eigenvalue weighted by Crippen LogP contribution is 2.41. The Morgan fingerprint density at radius 1 is 1.13 bits per heavy atom. The first-order chi connectivity index (χ1) is 14.1. The van der Waals surface area contributed by atoms with Gasteiger partial charge in [0.25, 0.3) is 0 Å². The minimum absolute atomic E-state index is 0.147. The second kappa shape index (κ2) is 10.2. The van der Waals surface area contributed by atoms with E-state index in [0.29, 0.717) is 10.5 Å². The third kappa shape index (κ3) is 6.26. The summed E-state index contributed by atoms with van der Waals surface area (Å²) in [4.78, 5) is 35.3. The van der Waals surface area contributed by atoms with Gasteiger partial charge in [0.05, 0.1) is 17.6 Å². The second-order valence-electron chi connectivity index (χ2n) is 6.82. The fourth-order valence-electron chi connectivity index (χ4n) is 2.96. The molecule has 0 saturated heterocycles. The molecule has 8 nitrogen and oxygen atoms in total. The lowest BCUT2D eigenvalue weighted by molar-refractivity contribution is -0.168. The van der Waals surface area contributed by atoms with Crippen molar-refractivity contribution in [3.8, 4) is 6.07 Å². The zero-order valence-electron chi connectivity index (χ0n) is 17.4. The minimum Gasteiger partial charge on any atom is -0.473 e. The molecule has 0 saturated carbocycles. The molecule has 0 radical (unpaired) electrons. The van der Waals surface area contributed by atoms with E-state index in [9.17, 15) is 19.6 Å². The van der Waals surface area contributed by atoms with Crippen molar-refractivity contribution in [3.63, 3.8) is 0 Å². The maximum Gasteiger partial charge on any atom is 0.307 e. The van der Waals surface area contributed by atoms with Gasteiger partial charge in [0.2, 0.25) is 0 Å². The highest BCUT2D eigenvalue weighted by molar-refractivity contribution is 8.03. The van der Waals surface area contributed by atoms with Crippen molar-refractivity contribution >= 4 is 29.7 Å². The van der Waals surface area contributed by atoms with Crippen LogP contribution in [0.2, 0.25) is 0 Å². The van der Waals surface area contributed by atoms with Gasteiger partial charge in [-0.3, -0.25) is 14.4 Å². The van der Waals surface area contributed by atoms with Gasteiger partial charge in [0.1, 0.15) is 6.61 Å². The zero-order valence-corrected chi connectivity index (χ0v) is 18.2. The first-order valence-electron chi connectivity index (χ1n) is 9.20. The van der Waals surface area contributed by atoms with E-state index in [4.69, 9.17) is 18.9 Å². The smallest absolute Gasteiger partial charge is 0.307 e. The Morgan fingerprint density at radius 2 is 1.83 bits per heavy atom. The summed E-state index contributed by atoms with van der Waals surface area (Å²) in [5.41, 5.74) is 1.36. The Bertz CT molecular complexity index is 918. The molecule has 1 aromatic rings. The third-order valence-electron chi connectivity index (χ3n) is 4.13. The predicted molar refractivity (Wildman–Crippen MR) is 107 cm³/mol. The van der Waals surface area contributed by atoms with Crippen molar-refractivity contribution in [2.24, 2.45) is 5.92 Å². The van der Waals surface area contributed by atoms with Gasteiger partial charge >= 0.3 is 17.9 Å². The van der Waals surface area contributed by atoms with Crippen molar-refractivity contribution in [2.45, 2.75) is 51.7 Å². The third-order valence-corrected chi connectivity index (χ3v) is 5.08. The summed E-state index contributed by atoms with van der Waals surface area (Å²) >= 11 is 1.17. The van der Waals surface area contributed by atoms with Crippen LogP contribution in [0.4, 0.5) is 0 Å².